The van der Waals surface area contributed by atoms with E-state index in [0.717, 1.165) is 13.1 Å². The highest BCUT2D eigenvalue weighted by Crippen LogP contribution is 2.34. The highest BCUT2D eigenvalue weighted by molar-refractivity contribution is 6.15. The van der Waals surface area contributed by atoms with Gasteiger partial charge in [0, 0.05) is 26.2 Å². The molecular formula is C15H19N3O3. The zero-order chi connectivity index (χ0) is 15.0. The van der Waals surface area contributed by atoms with Gasteiger partial charge in [0.05, 0.1) is 5.69 Å². The van der Waals surface area contributed by atoms with Crippen molar-refractivity contribution in [2.24, 2.45) is 0 Å². The number of piperazine rings is 1. The van der Waals surface area contributed by atoms with Crippen LogP contribution < -0.4 is 10.1 Å². The van der Waals surface area contributed by atoms with E-state index < -0.39 is 11.5 Å². The fraction of sp³-hybridized carbons (Fsp3) is 0.467. The van der Waals surface area contributed by atoms with Crippen LogP contribution in [0.2, 0.25) is 0 Å². The number of para-hydroxylation sites is 2. The molecule has 3 rings (SSSR count). The molecule has 1 atom stereocenters. The number of hydrogen-bond acceptors (Lipinski definition) is 4. The summed E-state index contributed by atoms with van der Waals surface area (Å²) in [6, 6.07) is 7.14. The molecule has 6 heteroatoms. The first kappa shape index (κ1) is 13.9. The zero-order valence-corrected chi connectivity index (χ0v) is 12.3. The van der Waals surface area contributed by atoms with Crippen LogP contribution in [0.4, 0.5) is 5.69 Å². The van der Waals surface area contributed by atoms with E-state index in [-0.39, 0.29) is 5.91 Å². The number of hydrogen-bond donors (Lipinski definition) is 1. The molecule has 2 aliphatic rings. The summed E-state index contributed by atoms with van der Waals surface area (Å²) >= 11 is 0. The Balaban J connectivity index is 1.83. The van der Waals surface area contributed by atoms with E-state index in [1.807, 2.05) is 19.2 Å². The van der Waals surface area contributed by atoms with E-state index in [1.54, 1.807) is 24.0 Å². The van der Waals surface area contributed by atoms with Crippen LogP contribution in [0.5, 0.6) is 5.75 Å². The lowest BCUT2D eigenvalue weighted by molar-refractivity contribution is -0.155. The number of likely N-dealkylation sites (N-methyl/N-ethyl adjacent to an activating group) is 1. The maximum absolute atomic E-state index is 12.7. The third kappa shape index (κ3) is 2.35. The van der Waals surface area contributed by atoms with Gasteiger partial charge in [-0.25, -0.2) is 0 Å². The average molecular weight is 289 g/mol. The zero-order valence-electron chi connectivity index (χ0n) is 12.3. The maximum Gasteiger partial charge on any atom is 0.278 e. The second kappa shape index (κ2) is 5.04. The van der Waals surface area contributed by atoms with E-state index in [9.17, 15) is 9.59 Å². The smallest absolute Gasteiger partial charge is 0.278 e. The van der Waals surface area contributed by atoms with Crippen molar-refractivity contribution >= 4 is 17.5 Å². The number of fused-ring (bicyclic) bond motifs is 1. The molecule has 0 aromatic heterocycles. The number of amides is 2. The van der Waals surface area contributed by atoms with Crippen molar-refractivity contribution in [2.75, 3.05) is 38.5 Å². The van der Waals surface area contributed by atoms with Gasteiger partial charge in [0.2, 0.25) is 0 Å². The topological polar surface area (TPSA) is 61.9 Å². The van der Waals surface area contributed by atoms with Gasteiger partial charge in [0.15, 0.2) is 0 Å². The summed E-state index contributed by atoms with van der Waals surface area (Å²) in [5, 5.41) is 2.76. The largest absolute Gasteiger partial charge is 0.466 e. The summed E-state index contributed by atoms with van der Waals surface area (Å²) in [6.45, 7) is 4.38. The molecule has 2 heterocycles. The van der Waals surface area contributed by atoms with E-state index >= 15 is 0 Å². The number of rotatable bonds is 1. The van der Waals surface area contributed by atoms with Crippen LogP contribution >= 0.6 is 0 Å². The minimum absolute atomic E-state index is 0.275. The second-order valence-corrected chi connectivity index (χ2v) is 5.68. The van der Waals surface area contributed by atoms with Gasteiger partial charge < -0.3 is 19.9 Å². The molecule has 0 spiro atoms. The van der Waals surface area contributed by atoms with Crippen molar-refractivity contribution in [1.29, 1.82) is 0 Å². The second-order valence-electron chi connectivity index (χ2n) is 5.68. The third-order valence-corrected chi connectivity index (χ3v) is 4.08. The van der Waals surface area contributed by atoms with Gasteiger partial charge in [-0.15, -0.1) is 0 Å². The van der Waals surface area contributed by atoms with Gasteiger partial charge in [0.1, 0.15) is 5.75 Å². The van der Waals surface area contributed by atoms with Crippen LogP contribution in [0.1, 0.15) is 6.92 Å². The number of carbonyl (C=O) groups is 2. The Hall–Kier alpha value is -2.08. The summed E-state index contributed by atoms with van der Waals surface area (Å²) < 4.78 is 5.76. The quantitative estimate of drug-likeness (QED) is 0.767. The summed E-state index contributed by atoms with van der Waals surface area (Å²) in [7, 11) is 2.02. The van der Waals surface area contributed by atoms with Crippen LogP contribution in [0.25, 0.3) is 0 Å². The Morgan fingerprint density at radius 1 is 1.24 bits per heavy atom. The molecular weight excluding hydrogens is 270 g/mol. The SMILES string of the molecule is CN1CCN(C(=O)C2(C)Oc3ccccc3NC2=O)CC1. The Kier molecular flexibility index (Phi) is 3.33. The maximum atomic E-state index is 12.7. The van der Waals surface area contributed by atoms with E-state index in [1.165, 1.54) is 0 Å². The fourth-order valence-corrected chi connectivity index (χ4v) is 2.62. The molecule has 1 aromatic carbocycles. The minimum Gasteiger partial charge on any atom is -0.466 e. The predicted molar refractivity (Wildman–Crippen MR) is 78.2 cm³/mol. The molecule has 0 radical (unpaired) electrons. The monoisotopic (exact) mass is 289 g/mol. The number of ether oxygens (including phenoxy) is 1. The lowest BCUT2D eigenvalue weighted by Gasteiger charge is -2.39. The van der Waals surface area contributed by atoms with Crippen LogP contribution in [0.15, 0.2) is 24.3 Å². The summed E-state index contributed by atoms with van der Waals surface area (Å²) in [5.41, 5.74) is -0.893. The summed E-state index contributed by atoms with van der Waals surface area (Å²) in [6.07, 6.45) is 0. The molecule has 1 aromatic rings. The van der Waals surface area contributed by atoms with Crippen LogP contribution in [0, 0.1) is 0 Å². The first-order valence-corrected chi connectivity index (χ1v) is 7.08. The van der Waals surface area contributed by atoms with Gasteiger partial charge in [-0.3, -0.25) is 9.59 Å². The third-order valence-electron chi connectivity index (χ3n) is 4.08. The minimum atomic E-state index is -1.50. The summed E-state index contributed by atoms with van der Waals surface area (Å²) in [5.74, 6) is -0.158. The standard InChI is InChI=1S/C15H19N3O3/c1-15(14(20)18-9-7-17(2)8-10-18)13(19)16-11-5-3-4-6-12(11)21-15/h3-6H,7-10H2,1-2H3,(H,16,19). The molecule has 1 saturated heterocycles. The molecule has 2 amide bonds. The lowest BCUT2D eigenvalue weighted by atomic mass is 10.0. The molecule has 0 aliphatic carbocycles. The Bertz CT molecular complexity index is 581. The molecule has 1 N–H and O–H groups in total. The highest BCUT2D eigenvalue weighted by Gasteiger charge is 2.49. The van der Waals surface area contributed by atoms with E-state index in [4.69, 9.17) is 4.74 Å². The molecule has 1 fully saturated rings. The van der Waals surface area contributed by atoms with Crippen LogP contribution in [-0.4, -0.2) is 60.4 Å². The van der Waals surface area contributed by atoms with Gasteiger partial charge in [-0.1, -0.05) is 12.1 Å². The van der Waals surface area contributed by atoms with E-state index in [2.05, 4.69) is 10.2 Å². The van der Waals surface area contributed by atoms with Crippen molar-refractivity contribution in [3.8, 4) is 5.75 Å². The first-order chi connectivity index (χ1) is 10.0. The molecule has 6 nitrogen and oxygen atoms in total. The van der Waals surface area contributed by atoms with Gasteiger partial charge in [0.25, 0.3) is 17.4 Å². The summed E-state index contributed by atoms with van der Waals surface area (Å²) in [4.78, 5) is 28.9. The Morgan fingerprint density at radius 3 is 2.62 bits per heavy atom. The number of nitrogens with zero attached hydrogens (tertiary/aromatic N) is 2. The molecule has 0 saturated carbocycles. The van der Waals surface area contributed by atoms with Crippen molar-refractivity contribution in [3.63, 3.8) is 0 Å². The van der Waals surface area contributed by atoms with Gasteiger partial charge in [-0.05, 0) is 26.1 Å². The number of nitrogens with one attached hydrogen (secondary N) is 1. The molecule has 21 heavy (non-hydrogen) atoms. The Morgan fingerprint density at radius 2 is 1.90 bits per heavy atom. The lowest BCUT2D eigenvalue weighted by Crippen LogP contribution is -2.62. The molecule has 1 unspecified atom stereocenters. The van der Waals surface area contributed by atoms with E-state index in [0.29, 0.717) is 24.5 Å². The van der Waals surface area contributed by atoms with Crippen molar-refractivity contribution < 1.29 is 14.3 Å². The predicted octanol–water partition coefficient (Wildman–Crippen LogP) is 0.550. The Labute approximate surface area is 123 Å². The molecule has 0 bridgehead atoms. The molecule has 2 aliphatic heterocycles. The van der Waals surface area contributed by atoms with Crippen molar-refractivity contribution in [2.45, 2.75) is 12.5 Å². The number of anilines is 1. The number of benzene rings is 1. The van der Waals surface area contributed by atoms with Crippen LogP contribution in [-0.2, 0) is 9.59 Å². The average Bonchev–Trinajstić information content (AvgIpc) is 2.48. The van der Waals surface area contributed by atoms with Crippen molar-refractivity contribution in [1.82, 2.24) is 9.80 Å². The van der Waals surface area contributed by atoms with Crippen molar-refractivity contribution in [3.05, 3.63) is 24.3 Å². The van der Waals surface area contributed by atoms with Gasteiger partial charge >= 0.3 is 0 Å². The first-order valence-electron chi connectivity index (χ1n) is 7.08. The molecule has 112 valence electrons. The normalized spacial score (nSPS) is 25.8. The number of carbonyl (C=O) groups excluding carboxylic acids is 2. The fourth-order valence-electron chi connectivity index (χ4n) is 2.62. The van der Waals surface area contributed by atoms with Gasteiger partial charge in [-0.2, -0.15) is 0 Å². The highest BCUT2D eigenvalue weighted by atomic mass is 16.5. The van der Waals surface area contributed by atoms with Crippen LogP contribution in [0.3, 0.4) is 0 Å².